The molecule has 0 unspecified atom stereocenters. The lowest BCUT2D eigenvalue weighted by Gasteiger charge is -2.27. The standard InChI is InChI=1S/C38H40O2P.BrH/c1-6-16-34(17-7-1)32-40-35-26-24-33(25-27-35)28-30-39-29-14-5-15-31-41(36-18-8-2-9-19-36,37-20-10-3-11-21-37)38-22-12-4-13-23-38;/h1-4,6-13,16-27H,5,14-15,28-32H2;1H/q+1;/p-1. The minimum atomic E-state index is -1.73. The number of unbranched alkanes of at least 4 members (excludes halogenated alkanes) is 2. The van der Waals surface area contributed by atoms with Gasteiger partial charge in [0.1, 0.15) is 35.5 Å². The number of hydrogen-bond donors (Lipinski definition) is 0. The van der Waals surface area contributed by atoms with Crippen LogP contribution in [0.15, 0.2) is 146 Å². The van der Waals surface area contributed by atoms with Gasteiger partial charge in [-0.2, -0.15) is 0 Å². The molecule has 0 amide bonds. The average Bonchev–Trinajstić information content (AvgIpc) is 3.05. The summed E-state index contributed by atoms with van der Waals surface area (Å²) in [5, 5.41) is 4.39. The SMILES string of the molecule is [Br-].c1ccc(COc2ccc(CCOCCCCC[P+](c3ccccc3)(c3ccccc3)c3ccccc3)cc2)cc1. The van der Waals surface area contributed by atoms with E-state index in [0.29, 0.717) is 6.61 Å². The molecule has 0 bridgehead atoms. The van der Waals surface area contributed by atoms with E-state index in [1.165, 1.54) is 46.0 Å². The number of benzene rings is 5. The van der Waals surface area contributed by atoms with Crippen molar-refractivity contribution < 1.29 is 26.5 Å². The van der Waals surface area contributed by atoms with Gasteiger partial charge in [-0.25, -0.2) is 0 Å². The largest absolute Gasteiger partial charge is 1.00 e. The van der Waals surface area contributed by atoms with Crippen molar-refractivity contribution in [3.05, 3.63) is 157 Å². The van der Waals surface area contributed by atoms with Gasteiger partial charge >= 0.3 is 0 Å². The fourth-order valence-electron chi connectivity index (χ4n) is 5.40. The Morgan fingerprint density at radius 3 is 1.48 bits per heavy atom. The van der Waals surface area contributed by atoms with E-state index in [2.05, 4.69) is 127 Å². The van der Waals surface area contributed by atoms with Crippen molar-refractivity contribution in [3.63, 3.8) is 0 Å². The van der Waals surface area contributed by atoms with Gasteiger partial charge in [-0.05, 0) is 85.3 Å². The molecule has 0 atom stereocenters. The van der Waals surface area contributed by atoms with Crippen LogP contribution in [-0.4, -0.2) is 19.4 Å². The summed E-state index contributed by atoms with van der Waals surface area (Å²) in [6.45, 7) is 2.15. The molecule has 0 radical (unpaired) electrons. The highest BCUT2D eigenvalue weighted by atomic mass is 79.9. The Labute approximate surface area is 262 Å². The first-order valence-electron chi connectivity index (χ1n) is 14.7. The molecule has 0 saturated carbocycles. The maximum absolute atomic E-state index is 6.04. The molecule has 2 nitrogen and oxygen atoms in total. The summed E-state index contributed by atoms with van der Waals surface area (Å²) in [5.74, 6) is 0.902. The van der Waals surface area contributed by atoms with Crippen molar-refractivity contribution >= 4 is 23.2 Å². The van der Waals surface area contributed by atoms with Gasteiger partial charge in [0, 0.05) is 6.61 Å². The lowest BCUT2D eigenvalue weighted by atomic mass is 10.1. The number of rotatable bonds is 15. The predicted molar refractivity (Wildman–Crippen MR) is 176 cm³/mol. The van der Waals surface area contributed by atoms with Crippen molar-refractivity contribution in [1.82, 2.24) is 0 Å². The maximum Gasteiger partial charge on any atom is 0.119 e. The number of ether oxygens (including phenoxy) is 2. The molecule has 0 heterocycles. The van der Waals surface area contributed by atoms with Gasteiger partial charge in [0.2, 0.25) is 0 Å². The molecule has 216 valence electrons. The molecule has 0 fully saturated rings. The highest BCUT2D eigenvalue weighted by Crippen LogP contribution is 2.55. The van der Waals surface area contributed by atoms with Crippen molar-refractivity contribution in [2.24, 2.45) is 0 Å². The second-order valence-corrected chi connectivity index (χ2v) is 14.0. The molecule has 0 aliphatic carbocycles. The quantitative estimate of drug-likeness (QED) is 0.119. The van der Waals surface area contributed by atoms with Gasteiger partial charge in [0.05, 0.1) is 12.8 Å². The lowest BCUT2D eigenvalue weighted by molar-refractivity contribution is -0.00000920. The zero-order valence-corrected chi connectivity index (χ0v) is 26.6. The predicted octanol–water partition coefficient (Wildman–Crippen LogP) is 4.99. The molecule has 5 rings (SSSR count). The molecular weight excluding hydrogens is 599 g/mol. The Hall–Kier alpha value is -3.23. The molecule has 5 aromatic rings. The van der Waals surface area contributed by atoms with Crippen LogP contribution in [0.25, 0.3) is 0 Å². The topological polar surface area (TPSA) is 18.5 Å². The zero-order chi connectivity index (χ0) is 28.0. The minimum absolute atomic E-state index is 0. The Bertz CT molecular complexity index is 1320. The Kier molecular flexibility index (Phi) is 12.8. The third kappa shape index (κ3) is 8.65. The van der Waals surface area contributed by atoms with E-state index >= 15 is 0 Å². The smallest absolute Gasteiger partial charge is 0.119 e. The van der Waals surface area contributed by atoms with E-state index in [1.807, 2.05) is 18.2 Å². The van der Waals surface area contributed by atoms with Crippen LogP contribution in [0.1, 0.15) is 30.4 Å². The maximum atomic E-state index is 6.04. The Balaban J connectivity index is 0.00000405. The number of halogens is 1. The summed E-state index contributed by atoms with van der Waals surface area (Å²) in [7, 11) is -1.73. The van der Waals surface area contributed by atoms with Crippen LogP contribution in [0.2, 0.25) is 0 Å². The first kappa shape index (κ1) is 31.7. The molecule has 4 heteroatoms. The van der Waals surface area contributed by atoms with Gasteiger partial charge in [0.15, 0.2) is 0 Å². The highest BCUT2D eigenvalue weighted by molar-refractivity contribution is 7.95. The molecule has 42 heavy (non-hydrogen) atoms. The first-order chi connectivity index (χ1) is 20.3. The second-order valence-electron chi connectivity index (χ2n) is 10.4. The summed E-state index contributed by atoms with van der Waals surface area (Å²) >= 11 is 0. The summed E-state index contributed by atoms with van der Waals surface area (Å²) < 4.78 is 11.9. The molecule has 0 N–H and O–H groups in total. The van der Waals surface area contributed by atoms with Crippen LogP contribution in [0, 0.1) is 0 Å². The minimum Gasteiger partial charge on any atom is -1.00 e. The van der Waals surface area contributed by atoms with Gasteiger partial charge in [-0.15, -0.1) is 0 Å². The van der Waals surface area contributed by atoms with E-state index in [1.54, 1.807) is 0 Å². The zero-order valence-electron chi connectivity index (χ0n) is 24.2. The molecule has 0 saturated heterocycles. The van der Waals surface area contributed by atoms with E-state index in [9.17, 15) is 0 Å². The summed E-state index contributed by atoms with van der Waals surface area (Å²) in [6, 6.07) is 52.2. The van der Waals surface area contributed by atoms with Crippen LogP contribution < -0.4 is 37.6 Å². The van der Waals surface area contributed by atoms with Crippen molar-refractivity contribution in [2.75, 3.05) is 19.4 Å². The van der Waals surface area contributed by atoms with Gasteiger partial charge in [-0.3, -0.25) is 0 Å². The highest BCUT2D eigenvalue weighted by Gasteiger charge is 2.44. The van der Waals surface area contributed by atoms with Crippen molar-refractivity contribution in [1.29, 1.82) is 0 Å². The fourth-order valence-corrected chi connectivity index (χ4v) is 9.81. The van der Waals surface area contributed by atoms with Gasteiger partial charge in [0.25, 0.3) is 0 Å². The van der Waals surface area contributed by atoms with Crippen molar-refractivity contribution in [2.45, 2.75) is 32.3 Å². The molecule has 5 aromatic carbocycles. The van der Waals surface area contributed by atoms with E-state index in [0.717, 1.165) is 31.8 Å². The molecule has 0 aliphatic heterocycles. The van der Waals surface area contributed by atoms with E-state index in [4.69, 9.17) is 9.47 Å². The normalized spacial score (nSPS) is 11.0. The van der Waals surface area contributed by atoms with Crippen LogP contribution in [0.4, 0.5) is 0 Å². The summed E-state index contributed by atoms with van der Waals surface area (Å²) in [4.78, 5) is 0. The Morgan fingerprint density at radius 2 is 0.952 bits per heavy atom. The summed E-state index contributed by atoms with van der Waals surface area (Å²) in [6.07, 6.45) is 5.53. The van der Waals surface area contributed by atoms with E-state index in [-0.39, 0.29) is 17.0 Å². The molecular formula is C38H40BrO2P. The lowest BCUT2D eigenvalue weighted by Crippen LogP contribution is -3.00. The molecule has 0 aliphatic rings. The third-order valence-electron chi connectivity index (χ3n) is 7.58. The van der Waals surface area contributed by atoms with Crippen LogP contribution >= 0.6 is 7.26 Å². The van der Waals surface area contributed by atoms with Gasteiger partial charge < -0.3 is 26.5 Å². The first-order valence-corrected chi connectivity index (χ1v) is 16.7. The van der Waals surface area contributed by atoms with Crippen molar-refractivity contribution in [3.8, 4) is 5.75 Å². The number of hydrogen-bond acceptors (Lipinski definition) is 2. The molecule has 0 aromatic heterocycles. The Morgan fingerprint density at radius 1 is 0.452 bits per heavy atom. The van der Waals surface area contributed by atoms with Crippen LogP contribution in [0.5, 0.6) is 5.75 Å². The monoisotopic (exact) mass is 638 g/mol. The summed E-state index contributed by atoms with van der Waals surface area (Å²) in [5.41, 5.74) is 2.46. The van der Waals surface area contributed by atoms with Crippen LogP contribution in [0.3, 0.4) is 0 Å². The van der Waals surface area contributed by atoms with Crippen LogP contribution in [-0.2, 0) is 17.8 Å². The average molecular weight is 640 g/mol. The molecule has 0 spiro atoms. The van der Waals surface area contributed by atoms with Gasteiger partial charge in [-0.1, -0.05) is 97.1 Å². The second kappa shape index (κ2) is 17.0. The fraction of sp³-hybridized carbons (Fsp3) is 0.211. The third-order valence-corrected chi connectivity index (χ3v) is 12.1. The van der Waals surface area contributed by atoms with E-state index < -0.39 is 7.26 Å².